The summed E-state index contributed by atoms with van der Waals surface area (Å²) in [6.45, 7) is 1.85. The van der Waals surface area contributed by atoms with Crippen molar-refractivity contribution in [1.29, 1.82) is 0 Å². The number of aromatic hydroxyl groups is 1. The Labute approximate surface area is 115 Å². The van der Waals surface area contributed by atoms with Gasteiger partial charge in [0.05, 0.1) is 5.69 Å². The van der Waals surface area contributed by atoms with Crippen LogP contribution < -0.4 is 10.6 Å². The number of para-hydroxylation sites is 1. The number of hydrogen-bond acceptors (Lipinski definition) is 4. The van der Waals surface area contributed by atoms with Gasteiger partial charge in [-0.3, -0.25) is 0 Å². The molecule has 0 heterocycles. The molecule has 2 amide bonds. The smallest absolute Gasteiger partial charge is 0.339 e. The lowest BCUT2D eigenvalue weighted by Crippen LogP contribution is -2.37. The van der Waals surface area contributed by atoms with E-state index in [4.69, 9.17) is 5.11 Å². The number of urea groups is 1. The summed E-state index contributed by atoms with van der Waals surface area (Å²) >= 11 is 1.60. The molecule has 19 heavy (non-hydrogen) atoms. The van der Waals surface area contributed by atoms with E-state index < -0.39 is 17.7 Å². The van der Waals surface area contributed by atoms with E-state index in [1.807, 2.05) is 13.2 Å². The van der Waals surface area contributed by atoms with E-state index in [0.717, 1.165) is 5.75 Å². The third-order valence-electron chi connectivity index (χ3n) is 2.31. The molecule has 0 aromatic heterocycles. The second kappa shape index (κ2) is 6.89. The molecule has 0 aliphatic heterocycles. The fourth-order valence-electron chi connectivity index (χ4n) is 1.49. The average Bonchev–Trinajstić information content (AvgIpc) is 2.31. The van der Waals surface area contributed by atoms with Gasteiger partial charge in [-0.05, 0) is 25.3 Å². The molecule has 1 aromatic rings. The summed E-state index contributed by atoms with van der Waals surface area (Å²) in [6.07, 6.45) is 1.93. The molecule has 0 aliphatic carbocycles. The Bertz CT molecular complexity index is 479. The van der Waals surface area contributed by atoms with Crippen molar-refractivity contribution < 1.29 is 19.8 Å². The quantitative estimate of drug-likeness (QED) is 0.620. The van der Waals surface area contributed by atoms with Crippen molar-refractivity contribution in [2.45, 2.75) is 13.0 Å². The van der Waals surface area contributed by atoms with Crippen molar-refractivity contribution in [2.24, 2.45) is 0 Å². The Morgan fingerprint density at radius 2 is 2.11 bits per heavy atom. The molecule has 0 spiro atoms. The Morgan fingerprint density at radius 3 is 2.68 bits per heavy atom. The minimum atomic E-state index is -1.25. The molecule has 7 heteroatoms. The molecule has 1 aromatic carbocycles. The molecule has 6 nitrogen and oxygen atoms in total. The Kier molecular flexibility index (Phi) is 5.50. The number of carbonyl (C=O) groups excluding carboxylic acids is 1. The monoisotopic (exact) mass is 284 g/mol. The van der Waals surface area contributed by atoms with Gasteiger partial charge in [-0.2, -0.15) is 11.8 Å². The van der Waals surface area contributed by atoms with Crippen molar-refractivity contribution >= 4 is 29.4 Å². The molecule has 0 radical (unpaired) electrons. The third-order valence-corrected chi connectivity index (χ3v) is 3.14. The number of amides is 2. The Hall–Kier alpha value is -1.89. The van der Waals surface area contributed by atoms with Crippen LogP contribution in [0.4, 0.5) is 10.5 Å². The standard InChI is InChI=1S/C12H16N2O4S/c1-7(6-19-2)13-12(18)14-9-5-3-4-8(10(9)15)11(16)17/h3-5,7,15H,6H2,1-2H3,(H,16,17)(H2,13,14,18). The number of thioether (sulfide) groups is 1. The van der Waals surface area contributed by atoms with Gasteiger partial charge in [0.2, 0.25) is 0 Å². The Balaban J connectivity index is 2.75. The van der Waals surface area contributed by atoms with E-state index in [-0.39, 0.29) is 17.3 Å². The first-order chi connectivity index (χ1) is 8.95. The number of nitrogens with one attached hydrogen (secondary N) is 2. The van der Waals surface area contributed by atoms with Crippen LogP contribution in [0.3, 0.4) is 0 Å². The number of hydrogen-bond donors (Lipinski definition) is 4. The van der Waals surface area contributed by atoms with Gasteiger partial charge in [0, 0.05) is 11.8 Å². The summed E-state index contributed by atoms with van der Waals surface area (Å²) in [7, 11) is 0. The molecular formula is C12H16N2O4S. The molecule has 0 saturated carbocycles. The third kappa shape index (κ3) is 4.36. The molecule has 0 bridgehead atoms. The van der Waals surface area contributed by atoms with Gasteiger partial charge in [-0.25, -0.2) is 9.59 Å². The summed E-state index contributed by atoms with van der Waals surface area (Å²) < 4.78 is 0. The maximum Gasteiger partial charge on any atom is 0.339 e. The van der Waals surface area contributed by atoms with Gasteiger partial charge >= 0.3 is 12.0 Å². The highest BCUT2D eigenvalue weighted by molar-refractivity contribution is 7.98. The number of benzene rings is 1. The minimum Gasteiger partial charge on any atom is -0.505 e. The first-order valence-electron chi connectivity index (χ1n) is 5.57. The van der Waals surface area contributed by atoms with Crippen LogP contribution in [-0.2, 0) is 0 Å². The van der Waals surface area contributed by atoms with Gasteiger partial charge in [0.15, 0.2) is 5.75 Å². The highest BCUT2D eigenvalue weighted by Crippen LogP contribution is 2.27. The van der Waals surface area contributed by atoms with Crippen molar-refractivity contribution in [1.82, 2.24) is 5.32 Å². The summed E-state index contributed by atoms with van der Waals surface area (Å²) in [5.74, 6) is -0.950. The number of carbonyl (C=O) groups is 2. The van der Waals surface area contributed by atoms with Crippen LogP contribution >= 0.6 is 11.8 Å². The lowest BCUT2D eigenvalue weighted by atomic mass is 10.1. The molecule has 1 atom stereocenters. The van der Waals surface area contributed by atoms with Crippen molar-refractivity contribution in [3.05, 3.63) is 23.8 Å². The summed E-state index contributed by atoms with van der Waals surface area (Å²) in [6, 6.07) is 3.63. The fourth-order valence-corrected chi connectivity index (χ4v) is 2.07. The van der Waals surface area contributed by atoms with Gasteiger partial charge in [-0.1, -0.05) is 6.07 Å². The van der Waals surface area contributed by atoms with Crippen molar-refractivity contribution in [3.63, 3.8) is 0 Å². The predicted octanol–water partition coefficient (Wildman–Crippen LogP) is 1.96. The minimum absolute atomic E-state index is 0.0280. The molecular weight excluding hydrogens is 268 g/mol. The number of rotatable bonds is 5. The van der Waals surface area contributed by atoms with Crippen LogP contribution in [0.25, 0.3) is 0 Å². The second-order valence-electron chi connectivity index (χ2n) is 3.96. The van der Waals surface area contributed by atoms with E-state index in [2.05, 4.69) is 10.6 Å². The van der Waals surface area contributed by atoms with Gasteiger partial charge in [0.25, 0.3) is 0 Å². The van der Waals surface area contributed by atoms with E-state index in [1.54, 1.807) is 11.8 Å². The van der Waals surface area contributed by atoms with E-state index in [9.17, 15) is 14.7 Å². The molecule has 0 saturated heterocycles. The predicted molar refractivity (Wildman–Crippen MR) is 75.1 cm³/mol. The zero-order valence-corrected chi connectivity index (χ0v) is 11.5. The number of aromatic carboxylic acids is 1. The summed E-state index contributed by atoms with van der Waals surface area (Å²) in [5, 5.41) is 23.7. The lowest BCUT2D eigenvalue weighted by Gasteiger charge is -2.14. The number of anilines is 1. The van der Waals surface area contributed by atoms with Crippen molar-refractivity contribution in [3.8, 4) is 5.75 Å². The maximum atomic E-state index is 11.6. The normalized spacial score (nSPS) is 11.7. The largest absolute Gasteiger partial charge is 0.505 e. The molecule has 4 N–H and O–H groups in total. The molecule has 104 valence electrons. The molecule has 1 rings (SSSR count). The summed E-state index contributed by atoms with van der Waals surface area (Å²) in [4.78, 5) is 22.5. The van der Waals surface area contributed by atoms with Crippen LogP contribution in [0.2, 0.25) is 0 Å². The zero-order chi connectivity index (χ0) is 14.4. The Morgan fingerprint density at radius 1 is 1.42 bits per heavy atom. The maximum absolute atomic E-state index is 11.6. The van der Waals surface area contributed by atoms with Crippen LogP contribution in [0.1, 0.15) is 17.3 Å². The SMILES string of the molecule is CSCC(C)NC(=O)Nc1cccc(C(=O)O)c1O. The van der Waals surface area contributed by atoms with Crippen molar-refractivity contribution in [2.75, 3.05) is 17.3 Å². The van der Waals surface area contributed by atoms with Crippen LogP contribution in [0.15, 0.2) is 18.2 Å². The van der Waals surface area contributed by atoms with E-state index in [0.29, 0.717) is 0 Å². The first-order valence-corrected chi connectivity index (χ1v) is 6.96. The molecule has 1 unspecified atom stereocenters. The lowest BCUT2D eigenvalue weighted by molar-refractivity contribution is 0.0693. The fraction of sp³-hybridized carbons (Fsp3) is 0.333. The topological polar surface area (TPSA) is 98.7 Å². The van der Waals surface area contributed by atoms with Crippen LogP contribution in [0.5, 0.6) is 5.75 Å². The molecule has 0 fully saturated rings. The first kappa shape index (κ1) is 15.2. The highest BCUT2D eigenvalue weighted by atomic mass is 32.2. The summed E-state index contributed by atoms with van der Waals surface area (Å²) in [5.41, 5.74) is -0.191. The van der Waals surface area contributed by atoms with E-state index in [1.165, 1.54) is 18.2 Å². The van der Waals surface area contributed by atoms with E-state index >= 15 is 0 Å². The molecule has 0 aliphatic rings. The second-order valence-corrected chi connectivity index (χ2v) is 4.87. The number of carboxylic acids is 1. The zero-order valence-electron chi connectivity index (χ0n) is 10.6. The number of phenols is 1. The van der Waals surface area contributed by atoms with Gasteiger partial charge in [0.1, 0.15) is 5.56 Å². The van der Waals surface area contributed by atoms with Gasteiger partial charge < -0.3 is 20.8 Å². The number of carboxylic acid groups (broad SMARTS) is 1. The van der Waals surface area contributed by atoms with Crippen LogP contribution in [0, 0.1) is 0 Å². The van der Waals surface area contributed by atoms with Gasteiger partial charge in [-0.15, -0.1) is 0 Å². The average molecular weight is 284 g/mol. The van der Waals surface area contributed by atoms with Crippen LogP contribution in [-0.4, -0.2) is 40.3 Å². The highest BCUT2D eigenvalue weighted by Gasteiger charge is 2.15.